The molecular formula is C18H29N5O2. The van der Waals surface area contributed by atoms with Gasteiger partial charge in [0.05, 0.1) is 6.04 Å². The van der Waals surface area contributed by atoms with E-state index in [1.165, 1.54) is 0 Å². The van der Waals surface area contributed by atoms with Crippen molar-refractivity contribution < 1.29 is 9.26 Å². The Balaban J connectivity index is 1.66. The van der Waals surface area contributed by atoms with Gasteiger partial charge in [-0.25, -0.2) is 0 Å². The molecule has 138 valence electrons. The van der Waals surface area contributed by atoms with Crippen LogP contribution < -0.4 is 5.32 Å². The Morgan fingerprint density at radius 2 is 2.08 bits per heavy atom. The number of nitrogens with zero attached hydrogens (tertiary/aromatic N) is 4. The van der Waals surface area contributed by atoms with Gasteiger partial charge in [-0.1, -0.05) is 19.0 Å². The Hall–Kier alpha value is -1.73. The van der Waals surface area contributed by atoms with Gasteiger partial charge < -0.3 is 14.6 Å². The van der Waals surface area contributed by atoms with Crippen molar-refractivity contribution in [3.8, 4) is 0 Å². The number of nitrogens with one attached hydrogen (secondary N) is 1. The highest BCUT2D eigenvalue weighted by atomic mass is 16.5. The normalized spacial score (nSPS) is 18.6. The van der Waals surface area contributed by atoms with E-state index in [1.807, 2.05) is 23.1 Å². The van der Waals surface area contributed by atoms with Crippen LogP contribution in [0.15, 0.2) is 23.0 Å². The van der Waals surface area contributed by atoms with E-state index in [4.69, 9.17) is 9.26 Å². The first-order chi connectivity index (χ1) is 12.1. The molecule has 25 heavy (non-hydrogen) atoms. The highest BCUT2D eigenvalue weighted by molar-refractivity contribution is 4.99. The Morgan fingerprint density at radius 3 is 2.72 bits per heavy atom. The minimum atomic E-state index is 0.0801. The Morgan fingerprint density at radius 1 is 1.28 bits per heavy atom. The maximum absolute atomic E-state index is 5.61. The largest absolute Gasteiger partial charge is 0.381 e. The quantitative estimate of drug-likeness (QED) is 0.791. The molecule has 2 aromatic heterocycles. The summed E-state index contributed by atoms with van der Waals surface area (Å²) in [6.07, 6.45) is 6.84. The zero-order valence-corrected chi connectivity index (χ0v) is 15.4. The molecule has 3 rings (SSSR count). The lowest BCUT2D eigenvalue weighted by molar-refractivity contribution is 0.0468. The van der Waals surface area contributed by atoms with Crippen molar-refractivity contribution in [2.75, 3.05) is 13.2 Å². The van der Waals surface area contributed by atoms with Gasteiger partial charge in [-0.3, -0.25) is 4.68 Å². The second kappa shape index (κ2) is 8.58. The zero-order chi connectivity index (χ0) is 17.6. The predicted molar refractivity (Wildman–Crippen MR) is 94.1 cm³/mol. The van der Waals surface area contributed by atoms with Crippen molar-refractivity contribution in [1.82, 2.24) is 25.2 Å². The SMILES string of the molecule is CC(CCn1cccn1)NC(c1nc(C(C)C)no1)C1CCOCC1. The molecule has 2 atom stereocenters. The van der Waals surface area contributed by atoms with Gasteiger partial charge in [0.1, 0.15) is 0 Å². The van der Waals surface area contributed by atoms with Crippen LogP contribution in [0.2, 0.25) is 0 Å². The number of ether oxygens (including phenoxy) is 1. The van der Waals surface area contributed by atoms with Crippen LogP contribution in [-0.2, 0) is 11.3 Å². The first kappa shape index (κ1) is 18.1. The molecule has 2 unspecified atom stereocenters. The van der Waals surface area contributed by atoms with Crippen LogP contribution in [-0.4, -0.2) is 39.2 Å². The van der Waals surface area contributed by atoms with Crippen LogP contribution in [0.3, 0.4) is 0 Å². The second-order valence-electron chi connectivity index (χ2n) is 7.20. The molecule has 7 nitrogen and oxygen atoms in total. The molecule has 0 radical (unpaired) electrons. The first-order valence-corrected chi connectivity index (χ1v) is 9.28. The predicted octanol–water partition coefficient (Wildman–Crippen LogP) is 2.93. The minimum absolute atomic E-state index is 0.0801. The smallest absolute Gasteiger partial charge is 0.244 e. The summed E-state index contributed by atoms with van der Waals surface area (Å²) < 4.78 is 13.1. The number of hydrogen-bond acceptors (Lipinski definition) is 6. The van der Waals surface area contributed by atoms with E-state index < -0.39 is 0 Å². The van der Waals surface area contributed by atoms with Crippen molar-refractivity contribution in [2.45, 2.75) is 64.6 Å². The van der Waals surface area contributed by atoms with Gasteiger partial charge in [0.2, 0.25) is 5.89 Å². The molecule has 0 spiro atoms. The van der Waals surface area contributed by atoms with Crippen molar-refractivity contribution in [3.05, 3.63) is 30.2 Å². The lowest BCUT2D eigenvalue weighted by Gasteiger charge is -2.31. The first-order valence-electron chi connectivity index (χ1n) is 9.28. The molecule has 0 aliphatic carbocycles. The van der Waals surface area contributed by atoms with E-state index in [1.54, 1.807) is 0 Å². The van der Waals surface area contributed by atoms with Crippen molar-refractivity contribution in [3.63, 3.8) is 0 Å². The highest BCUT2D eigenvalue weighted by Gasteiger charge is 2.31. The molecule has 0 amide bonds. The van der Waals surface area contributed by atoms with Crippen LogP contribution in [0.4, 0.5) is 0 Å². The molecular weight excluding hydrogens is 318 g/mol. The van der Waals surface area contributed by atoms with Crippen LogP contribution in [0.1, 0.15) is 63.7 Å². The molecule has 1 saturated heterocycles. The van der Waals surface area contributed by atoms with E-state index in [9.17, 15) is 0 Å². The summed E-state index contributed by atoms with van der Waals surface area (Å²) >= 11 is 0. The molecule has 0 bridgehead atoms. The third-order valence-electron chi connectivity index (χ3n) is 4.79. The van der Waals surface area contributed by atoms with Gasteiger partial charge in [-0.05, 0) is 38.2 Å². The zero-order valence-electron chi connectivity index (χ0n) is 15.4. The maximum Gasteiger partial charge on any atom is 0.244 e. The summed E-state index contributed by atoms with van der Waals surface area (Å²) in [4.78, 5) is 4.65. The van der Waals surface area contributed by atoms with Gasteiger partial charge in [-0.2, -0.15) is 10.1 Å². The standard InChI is InChI=1S/C18H29N5O2/c1-13(2)17-21-18(25-22-17)16(15-6-11-24-12-7-15)20-14(3)5-10-23-9-4-8-19-23/h4,8-9,13-16,20H,5-7,10-12H2,1-3H3. The average Bonchev–Trinajstić information content (AvgIpc) is 3.30. The lowest BCUT2D eigenvalue weighted by atomic mass is 9.91. The summed E-state index contributed by atoms with van der Waals surface area (Å²) in [5, 5.41) is 12.1. The second-order valence-corrected chi connectivity index (χ2v) is 7.20. The van der Waals surface area contributed by atoms with Crippen LogP contribution in [0.25, 0.3) is 0 Å². The van der Waals surface area contributed by atoms with Crippen LogP contribution in [0, 0.1) is 5.92 Å². The summed E-state index contributed by atoms with van der Waals surface area (Å²) in [7, 11) is 0. The number of rotatable bonds is 8. The van der Waals surface area contributed by atoms with Gasteiger partial charge in [-0.15, -0.1) is 0 Å². The molecule has 0 saturated carbocycles. The molecule has 1 aliphatic rings. The van der Waals surface area contributed by atoms with E-state index in [-0.39, 0.29) is 12.0 Å². The third-order valence-corrected chi connectivity index (χ3v) is 4.79. The summed E-state index contributed by atoms with van der Waals surface area (Å²) in [6, 6.07) is 2.36. The maximum atomic E-state index is 5.61. The molecule has 1 N–H and O–H groups in total. The Labute approximate surface area is 149 Å². The van der Waals surface area contributed by atoms with Gasteiger partial charge in [0, 0.05) is 44.1 Å². The molecule has 1 aliphatic heterocycles. The summed E-state index contributed by atoms with van der Waals surface area (Å²) in [5.41, 5.74) is 0. The van der Waals surface area contributed by atoms with E-state index in [0.717, 1.165) is 44.8 Å². The fraction of sp³-hybridized carbons (Fsp3) is 0.722. The lowest BCUT2D eigenvalue weighted by Crippen LogP contribution is -2.38. The monoisotopic (exact) mass is 347 g/mol. The van der Waals surface area contributed by atoms with Crippen molar-refractivity contribution >= 4 is 0 Å². The topological polar surface area (TPSA) is 78.0 Å². The fourth-order valence-electron chi connectivity index (χ4n) is 3.21. The third kappa shape index (κ3) is 4.89. The van der Waals surface area contributed by atoms with Crippen LogP contribution in [0.5, 0.6) is 0 Å². The van der Waals surface area contributed by atoms with E-state index >= 15 is 0 Å². The fourth-order valence-corrected chi connectivity index (χ4v) is 3.21. The van der Waals surface area contributed by atoms with Gasteiger partial charge in [0.25, 0.3) is 0 Å². The molecule has 2 aromatic rings. The van der Waals surface area contributed by atoms with Gasteiger partial charge >= 0.3 is 0 Å². The summed E-state index contributed by atoms with van der Waals surface area (Å²) in [6.45, 7) is 8.86. The van der Waals surface area contributed by atoms with Crippen LogP contribution >= 0.6 is 0 Å². The van der Waals surface area contributed by atoms with Gasteiger partial charge in [0.15, 0.2) is 5.82 Å². The molecule has 0 aromatic carbocycles. The molecule has 7 heteroatoms. The minimum Gasteiger partial charge on any atom is -0.381 e. The highest BCUT2D eigenvalue weighted by Crippen LogP contribution is 2.30. The summed E-state index contributed by atoms with van der Waals surface area (Å²) in [5.74, 6) is 2.21. The number of aryl methyl sites for hydroxylation is 1. The number of hydrogen-bond donors (Lipinski definition) is 1. The van der Waals surface area contributed by atoms with Crippen molar-refractivity contribution in [1.29, 1.82) is 0 Å². The van der Waals surface area contributed by atoms with E-state index in [2.05, 4.69) is 41.3 Å². The molecule has 3 heterocycles. The molecule has 1 fully saturated rings. The van der Waals surface area contributed by atoms with Crippen molar-refractivity contribution in [2.24, 2.45) is 5.92 Å². The average molecular weight is 347 g/mol. The Kier molecular flexibility index (Phi) is 6.20. The Bertz CT molecular complexity index is 619. The van der Waals surface area contributed by atoms with E-state index in [0.29, 0.717) is 17.9 Å². The number of aromatic nitrogens is 4.